The van der Waals surface area contributed by atoms with Gasteiger partial charge in [-0.1, -0.05) is 53.2 Å². The molecule has 0 amide bonds. The van der Waals surface area contributed by atoms with E-state index < -0.39 is 5.54 Å². The van der Waals surface area contributed by atoms with Crippen LogP contribution in [0.2, 0.25) is 5.02 Å². The molecular formula is C29H26ClN5O2. The number of halogens is 1. The van der Waals surface area contributed by atoms with Gasteiger partial charge in [-0.25, -0.2) is 4.98 Å². The first-order valence-electron chi connectivity index (χ1n) is 11.7. The zero-order chi connectivity index (χ0) is 26.2. The first-order chi connectivity index (χ1) is 17.8. The maximum absolute atomic E-state index is 12.9. The number of aromatic nitrogens is 3. The van der Waals surface area contributed by atoms with Crippen LogP contribution in [0.3, 0.4) is 0 Å². The van der Waals surface area contributed by atoms with Gasteiger partial charge in [0.25, 0.3) is 5.56 Å². The number of imidazole rings is 1. The topological polar surface area (TPSA) is 87.4 Å². The van der Waals surface area contributed by atoms with E-state index >= 15 is 0 Å². The minimum Gasteiger partial charge on any atom is -0.399 e. The molecule has 0 aliphatic carbocycles. The van der Waals surface area contributed by atoms with Gasteiger partial charge in [-0.15, -0.1) is 0 Å². The van der Waals surface area contributed by atoms with E-state index in [2.05, 4.69) is 16.2 Å². The van der Waals surface area contributed by atoms with Crippen LogP contribution < -0.4 is 11.3 Å². The minimum atomic E-state index is -1.02. The van der Waals surface area contributed by atoms with Crippen molar-refractivity contribution in [2.75, 3.05) is 7.11 Å². The molecule has 0 bridgehead atoms. The third-order valence-electron chi connectivity index (χ3n) is 6.73. The average Bonchev–Trinajstić information content (AvgIpc) is 3.35. The SMILES string of the molecule is CO/N=C/c1cccc(-c2cc(=O)n(C)c3ccc(C(N)(c4ccc(Cl)cc4)c4cncn4C)cc23)c1. The minimum absolute atomic E-state index is 0.102. The summed E-state index contributed by atoms with van der Waals surface area (Å²) >= 11 is 6.20. The number of hydrogen-bond acceptors (Lipinski definition) is 5. The fraction of sp³-hybridized carbons (Fsp3) is 0.138. The molecule has 186 valence electrons. The van der Waals surface area contributed by atoms with Gasteiger partial charge < -0.3 is 19.7 Å². The summed E-state index contributed by atoms with van der Waals surface area (Å²) in [7, 11) is 5.19. The number of oxime groups is 1. The van der Waals surface area contributed by atoms with Gasteiger partial charge in [0, 0.05) is 30.6 Å². The Morgan fingerprint density at radius 2 is 1.78 bits per heavy atom. The second kappa shape index (κ2) is 9.69. The van der Waals surface area contributed by atoms with Crippen molar-refractivity contribution >= 4 is 28.7 Å². The lowest BCUT2D eigenvalue weighted by Gasteiger charge is -2.31. The maximum Gasteiger partial charge on any atom is 0.251 e. The van der Waals surface area contributed by atoms with Gasteiger partial charge >= 0.3 is 0 Å². The summed E-state index contributed by atoms with van der Waals surface area (Å²) in [6.07, 6.45) is 5.14. The van der Waals surface area contributed by atoms with Gasteiger partial charge in [0.2, 0.25) is 0 Å². The molecule has 0 radical (unpaired) electrons. The molecule has 2 aromatic heterocycles. The van der Waals surface area contributed by atoms with Crippen LogP contribution in [0.25, 0.3) is 22.0 Å². The second-order valence-electron chi connectivity index (χ2n) is 8.93. The number of benzene rings is 3. The van der Waals surface area contributed by atoms with E-state index in [4.69, 9.17) is 22.2 Å². The van der Waals surface area contributed by atoms with Gasteiger partial charge in [0.05, 0.1) is 29.9 Å². The highest BCUT2D eigenvalue weighted by Gasteiger charge is 2.35. The summed E-state index contributed by atoms with van der Waals surface area (Å²) in [5.74, 6) is 0. The lowest BCUT2D eigenvalue weighted by atomic mass is 9.80. The smallest absolute Gasteiger partial charge is 0.251 e. The van der Waals surface area contributed by atoms with E-state index in [1.54, 1.807) is 36.4 Å². The number of pyridine rings is 1. The number of hydrogen-bond donors (Lipinski definition) is 1. The molecule has 37 heavy (non-hydrogen) atoms. The van der Waals surface area contributed by atoms with Crippen molar-refractivity contribution in [3.63, 3.8) is 0 Å². The Balaban J connectivity index is 1.79. The quantitative estimate of drug-likeness (QED) is 0.261. The largest absolute Gasteiger partial charge is 0.399 e. The van der Waals surface area contributed by atoms with Gasteiger partial charge in [0.1, 0.15) is 12.6 Å². The summed E-state index contributed by atoms with van der Waals surface area (Å²) < 4.78 is 3.56. The third-order valence-corrected chi connectivity index (χ3v) is 6.98. The highest BCUT2D eigenvalue weighted by atomic mass is 35.5. The fourth-order valence-electron chi connectivity index (χ4n) is 4.76. The van der Waals surface area contributed by atoms with Crippen molar-refractivity contribution in [3.05, 3.63) is 123 Å². The molecule has 0 saturated carbocycles. The predicted molar refractivity (Wildman–Crippen MR) is 148 cm³/mol. The van der Waals surface area contributed by atoms with Gasteiger partial charge in [-0.3, -0.25) is 4.79 Å². The van der Waals surface area contributed by atoms with Gasteiger partial charge in [0.15, 0.2) is 0 Å². The molecule has 0 saturated heterocycles. The van der Waals surface area contributed by atoms with Crippen LogP contribution in [0.5, 0.6) is 0 Å². The summed E-state index contributed by atoms with van der Waals surface area (Å²) in [5.41, 5.74) is 12.0. The molecule has 1 unspecified atom stereocenters. The van der Waals surface area contributed by atoms with Crippen molar-refractivity contribution < 1.29 is 4.84 Å². The van der Waals surface area contributed by atoms with Gasteiger partial charge in [-0.05, 0) is 58.1 Å². The van der Waals surface area contributed by atoms with Crippen molar-refractivity contribution in [2.45, 2.75) is 5.54 Å². The molecule has 0 aliphatic rings. The highest BCUT2D eigenvalue weighted by molar-refractivity contribution is 6.30. The molecule has 1 atom stereocenters. The molecule has 2 N–H and O–H groups in total. The number of nitrogens with zero attached hydrogens (tertiary/aromatic N) is 4. The van der Waals surface area contributed by atoms with Gasteiger partial charge in [-0.2, -0.15) is 0 Å². The van der Waals surface area contributed by atoms with E-state index in [0.717, 1.165) is 44.4 Å². The second-order valence-corrected chi connectivity index (χ2v) is 9.37. The Morgan fingerprint density at radius 1 is 1.03 bits per heavy atom. The zero-order valence-electron chi connectivity index (χ0n) is 20.7. The Hall–Kier alpha value is -4.20. The lowest BCUT2D eigenvalue weighted by Crippen LogP contribution is -2.41. The van der Waals surface area contributed by atoms with E-state index in [9.17, 15) is 4.79 Å². The molecule has 7 nitrogen and oxygen atoms in total. The lowest BCUT2D eigenvalue weighted by molar-refractivity contribution is 0.215. The molecule has 0 fully saturated rings. The van der Waals surface area contributed by atoms with Crippen molar-refractivity contribution in [1.29, 1.82) is 0 Å². The maximum atomic E-state index is 12.9. The Bertz CT molecular complexity index is 1690. The van der Waals surface area contributed by atoms with E-state index in [-0.39, 0.29) is 5.56 Å². The zero-order valence-corrected chi connectivity index (χ0v) is 21.5. The van der Waals surface area contributed by atoms with Crippen LogP contribution in [0.1, 0.15) is 22.4 Å². The summed E-state index contributed by atoms with van der Waals surface area (Å²) in [6, 6.07) is 22.9. The van der Waals surface area contributed by atoms with Crippen LogP contribution in [0.4, 0.5) is 0 Å². The first-order valence-corrected chi connectivity index (χ1v) is 12.0. The molecule has 5 aromatic rings. The molecule has 3 aromatic carbocycles. The van der Waals surface area contributed by atoms with Crippen LogP contribution in [0, 0.1) is 0 Å². The standard InChI is InChI=1S/C29H26ClN5O2/c1-34-18-32-17-27(34)29(31,21-7-10-23(30)11-8-21)22-9-12-26-25(14-22)24(15-28(36)35(26)2)20-6-4-5-19(13-20)16-33-37-3/h4-18H,31H2,1-3H3/b33-16+. The van der Waals surface area contributed by atoms with Crippen LogP contribution >= 0.6 is 11.6 Å². The molecule has 2 heterocycles. The number of rotatable bonds is 6. The highest BCUT2D eigenvalue weighted by Crippen LogP contribution is 2.37. The number of aryl methyl sites for hydroxylation is 2. The normalized spacial score (nSPS) is 13.2. The molecule has 8 heteroatoms. The fourth-order valence-corrected chi connectivity index (χ4v) is 4.88. The van der Waals surface area contributed by atoms with Crippen LogP contribution in [0.15, 0.2) is 95.3 Å². The molecule has 5 rings (SSSR count). The number of nitrogens with two attached hydrogens (primary N) is 1. The summed E-state index contributed by atoms with van der Waals surface area (Å²) in [6.45, 7) is 0. The van der Waals surface area contributed by atoms with E-state index in [0.29, 0.717) is 5.02 Å². The summed E-state index contributed by atoms with van der Waals surface area (Å²) in [5, 5.41) is 5.39. The summed E-state index contributed by atoms with van der Waals surface area (Å²) in [4.78, 5) is 22.1. The van der Waals surface area contributed by atoms with E-state index in [1.807, 2.05) is 72.3 Å². The third kappa shape index (κ3) is 4.33. The van der Waals surface area contributed by atoms with Crippen molar-refractivity contribution in [3.8, 4) is 11.1 Å². The average molecular weight is 512 g/mol. The van der Waals surface area contributed by atoms with E-state index in [1.165, 1.54) is 7.11 Å². The number of fused-ring (bicyclic) bond motifs is 1. The Labute approximate surface area is 219 Å². The first kappa shape index (κ1) is 24.5. The van der Waals surface area contributed by atoms with Crippen molar-refractivity contribution in [2.24, 2.45) is 25.0 Å². The Kier molecular flexibility index (Phi) is 6.41. The molecule has 0 aliphatic heterocycles. The van der Waals surface area contributed by atoms with Crippen molar-refractivity contribution in [1.82, 2.24) is 14.1 Å². The van der Waals surface area contributed by atoms with Crippen LogP contribution in [-0.2, 0) is 24.5 Å². The predicted octanol–water partition coefficient (Wildman–Crippen LogP) is 4.82. The monoisotopic (exact) mass is 511 g/mol. The van der Waals surface area contributed by atoms with Crippen LogP contribution in [-0.4, -0.2) is 27.4 Å². The molecule has 0 spiro atoms. The molecular weight excluding hydrogens is 486 g/mol. The Morgan fingerprint density at radius 3 is 2.49 bits per heavy atom.